The summed E-state index contributed by atoms with van der Waals surface area (Å²) in [6, 6.07) is 5.85. The van der Waals surface area contributed by atoms with Crippen LogP contribution in [-0.2, 0) is 11.3 Å². The zero-order valence-electron chi connectivity index (χ0n) is 11.7. The zero-order valence-corrected chi connectivity index (χ0v) is 11.7. The number of amidine groups is 1. The average Bonchev–Trinajstić information content (AvgIpc) is 3.00. The number of benzene rings is 1. The van der Waals surface area contributed by atoms with Crippen molar-refractivity contribution in [1.29, 1.82) is 0 Å². The summed E-state index contributed by atoms with van der Waals surface area (Å²) in [6.45, 7) is 3.47. The summed E-state index contributed by atoms with van der Waals surface area (Å²) in [7, 11) is 0. The van der Waals surface area contributed by atoms with Crippen LogP contribution in [0.2, 0.25) is 0 Å². The maximum Gasteiger partial charge on any atom is 0.435 e. The monoisotopic (exact) mass is 290 g/mol. The van der Waals surface area contributed by atoms with E-state index in [9.17, 15) is 14.9 Å². The predicted molar refractivity (Wildman–Crippen MR) is 76.9 cm³/mol. The van der Waals surface area contributed by atoms with Crippen molar-refractivity contribution in [1.82, 2.24) is 4.90 Å². The van der Waals surface area contributed by atoms with Crippen LogP contribution in [0.3, 0.4) is 0 Å². The third kappa shape index (κ3) is 4.27. The van der Waals surface area contributed by atoms with Gasteiger partial charge in [-0.15, -0.1) is 0 Å². The number of hydrogen-bond donors (Lipinski definition) is 0. The van der Waals surface area contributed by atoms with E-state index >= 15 is 0 Å². The molecule has 21 heavy (non-hydrogen) atoms. The fourth-order valence-electron chi connectivity index (χ4n) is 1.97. The normalized spacial score (nSPS) is 15.1. The van der Waals surface area contributed by atoms with Crippen molar-refractivity contribution in [2.24, 2.45) is 4.99 Å². The van der Waals surface area contributed by atoms with Crippen molar-refractivity contribution in [3.05, 3.63) is 46.4 Å². The average molecular weight is 290 g/mol. The lowest BCUT2D eigenvalue weighted by molar-refractivity contribution is -0.384. The molecule has 0 saturated carbocycles. The summed E-state index contributed by atoms with van der Waals surface area (Å²) in [5, 5.41) is 10.5. The molecule has 0 aliphatic carbocycles. The van der Waals surface area contributed by atoms with Crippen LogP contribution in [-0.4, -0.2) is 34.8 Å². The van der Waals surface area contributed by atoms with Crippen LogP contribution in [0.1, 0.15) is 18.9 Å². The molecule has 0 atom stereocenters. The molecular formula is C14H16N3O4. The second-order valence-electron chi connectivity index (χ2n) is 4.66. The van der Waals surface area contributed by atoms with E-state index in [1.165, 1.54) is 12.1 Å². The van der Waals surface area contributed by atoms with Gasteiger partial charge in [0, 0.05) is 25.2 Å². The molecule has 1 aromatic carbocycles. The van der Waals surface area contributed by atoms with E-state index in [1.807, 2.05) is 4.90 Å². The number of hydrogen-bond acceptors (Lipinski definition) is 4. The summed E-state index contributed by atoms with van der Waals surface area (Å²) in [5.41, 5.74) is 0.681. The van der Waals surface area contributed by atoms with E-state index in [1.54, 1.807) is 19.1 Å². The predicted octanol–water partition coefficient (Wildman–Crippen LogP) is 2.56. The number of amides is 1. The van der Waals surface area contributed by atoms with Crippen LogP contribution in [0.4, 0.5) is 10.5 Å². The van der Waals surface area contributed by atoms with Crippen LogP contribution < -0.4 is 0 Å². The summed E-state index contributed by atoms with van der Waals surface area (Å²) >= 11 is 0. The van der Waals surface area contributed by atoms with Gasteiger partial charge in [-0.2, -0.15) is 4.99 Å². The van der Waals surface area contributed by atoms with E-state index in [-0.39, 0.29) is 12.3 Å². The number of ether oxygens (including phenoxy) is 1. The van der Waals surface area contributed by atoms with E-state index in [0.29, 0.717) is 11.4 Å². The van der Waals surface area contributed by atoms with Crippen molar-refractivity contribution in [3.8, 4) is 0 Å². The van der Waals surface area contributed by atoms with Crippen molar-refractivity contribution >= 4 is 17.6 Å². The van der Waals surface area contributed by atoms with Gasteiger partial charge in [-0.05, 0) is 37.5 Å². The van der Waals surface area contributed by atoms with Gasteiger partial charge in [-0.25, -0.2) is 4.79 Å². The van der Waals surface area contributed by atoms with Crippen molar-refractivity contribution in [2.75, 3.05) is 13.1 Å². The molecule has 1 radical (unpaired) electrons. The molecule has 2 rings (SSSR count). The summed E-state index contributed by atoms with van der Waals surface area (Å²) < 4.78 is 5.03. The van der Waals surface area contributed by atoms with Gasteiger partial charge in [0.2, 0.25) is 0 Å². The quantitative estimate of drug-likeness (QED) is 0.369. The Kier molecular flexibility index (Phi) is 4.86. The van der Waals surface area contributed by atoms with Gasteiger partial charge < -0.3 is 9.64 Å². The first kappa shape index (κ1) is 15.0. The highest BCUT2D eigenvalue weighted by Gasteiger charge is 2.14. The largest absolute Gasteiger partial charge is 0.443 e. The van der Waals surface area contributed by atoms with Gasteiger partial charge in [0.15, 0.2) is 0 Å². The van der Waals surface area contributed by atoms with Gasteiger partial charge in [0.1, 0.15) is 12.4 Å². The molecule has 0 bridgehead atoms. The minimum absolute atomic E-state index is 0.00391. The van der Waals surface area contributed by atoms with Gasteiger partial charge in [-0.3, -0.25) is 10.1 Å². The van der Waals surface area contributed by atoms with Crippen molar-refractivity contribution in [2.45, 2.75) is 20.0 Å². The van der Waals surface area contributed by atoms with Crippen LogP contribution in [0.5, 0.6) is 0 Å². The van der Waals surface area contributed by atoms with Crippen LogP contribution in [0, 0.1) is 16.5 Å². The van der Waals surface area contributed by atoms with Crippen molar-refractivity contribution < 1.29 is 14.5 Å². The smallest absolute Gasteiger partial charge is 0.435 e. The molecule has 1 aliphatic heterocycles. The number of likely N-dealkylation sites (tertiary alicyclic amines) is 1. The van der Waals surface area contributed by atoms with Crippen LogP contribution >= 0.6 is 0 Å². The number of nitrogens with zero attached hydrogens (tertiary/aromatic N) is 3. The first-order valence-electron chi connectivity index (χ1n) is 6.58. The molecule has 0 N–H and O–H groups in total. The Bertz CT molecular complexity index is 548. The third-order valence-electron chi connectivity index (χ3n) is 3.17. The van der Waals surface area contributed by atoms with Crippen LogP contribution in [0.25, 0.3) is 0 Å². The molecule has 7 nitrogen and oxygen atoms in total. The van der Waals surface area contributed by atoms with Gasteiger partial charge in [0.25, 0.3) is 5.69 Å². The van der Waals surface area contributed by atoms with Gasteiger partial charge in [0.05, 0.1) is 4.92 Å². The SMILES string of the molecule is C/C(=N\C(=O)OCc1ccc([N+](=O)[O-])cc1)N1C[CH]CC1. The van der Waals surface area contributed by atoms with E-state index in [0.717, 1.165) is 19.5 Å². The molecule has 1 amide bonds. The highest BCUT2D eigenvalue weighted by atomic mass is 16.6. The van der Waals surface area contributed by atoms with E-state index in [4.69, 9.17) is 4.74 Å². The molecule has 111 valence electrons. The molecule has 1 heterocycles. The molecule has 7 heteroatoms. The summed E-state index contributed by atoms with van der Waals surface area (Å²) in [6.07, 6.45) is 2.46. The Morgan fingerprint density at radius 1 is 1.43 bits per heavy atom. The zero-order chi connectivity index (χ0) is 15.2. The highest BCUT2D eigenvalue weighted by molar-refractivity contribution is 5.90. The highest BCUT2D eigenvalue weighted by Crippen LogP contribution is 2.13. The second kappa shape index (κ2) is 6.83. The number of nitro benzene ring substituents is 1. The molecule has 1 saturated heterocycles. The number of non-ortho nitro benzene ring substituents is 1. The number of aliphatic imine (C=N–C) groups is 1. The maximum atomic E-state index is 11.6. The third-order valence-corrected chi connectivity index (χ3v) is 3.17. The number of rotatable bonds is 3. The lowest BCUT2D eigenvalue weighted by atomic mass is 10.2. The Morgan fingerprint density at radius 3 is 2.71 bits per heavy atom. The molecule has 0 spiro atoms. The minimum atomic E-state index is -0.655. The van der Waals surface area contributed by atoms with E-state index < -0.39 is 11.0 Å². The molecular weight excluding hydrogens is 274 g/mol. The first-order chi connectivity index (χ1) is 10.1. The Labute approximate surface area is 122 Å². The number of nitro groups is 1. The lowest BCUT2D eigenvalue weighted by Crippen LogP contribution is -2.26. The second-order valence-corrected chi connectivity index (χ2v) is 4.66. The molecule has 0 unspecified atom stereocenters. The first-order valence-corrected chi connectivity index (χ1v) is 6.58. The molecule has 1 aromatic rings. The standard InChI is InChI=1S/C14H16N3O4/c1-11(16-8-2-3-9-16)15-14(18)21-10-12-4-6-13(7-5-12)17(19)20/h2,4-7H,3,8-10H2,1H3/b15-11+. The van der Waals surface area contributed by atoms with E-state index in [2.05, 4.69) is 11.4 Å². The summed E-state index contributed by atoms with van der Waals surface area (Å²) in [4.78, 5) is 27.5. The topological polar surface area (TPSA) is 85.0 Å². The van der Waals surface area contributed by atoms with Gasteiger partial charge >= 0.3 is 6.09 Å². The molecule has 1 aliphatic rings. The maximum absolute atomic E-state index is 11.6. The van der Waals surface area contributed by atoms with Crippen LogP contribution in [0.15, 0.2) is 29.3 Å². The van der Waals surface area contributed by atoms with Gasteiger partial charge in [-0.1, -0.05) is 0 Å². The fraction of sp³-hybridized carbons (Fsp3) is 0.357. The fourth-order valence-corrected chi connectivity index (χ4v) is 1.97. The summed E-state index contributed by atoms with van der Waals surface area (Å²) in [5.74, 6) is 0.637. The van der Waals surface area contributed by atoms with Crippen molar-refractivity contribution in [3.63, 3.8) is 0 Å². The number of carbonyl (C=O) groups is 1. The Hall–Kier alpha value is -2.44. The Balaban J connectivity index is 1.85. The Morgan fingerprint density at radius 2 is 2.14 bits per heavy atom. The number of carbonyl (C=O) groups excluding carboxylic acids is 1. The minimum Gasteiger partial charge on any atom is -0.443 e. The lowest BCUT2D eigenvalue weighted by Gasteiger charge is -2.15. The molecule has 1 fully saturated rings. The molecule has 0 aromatic heterocycles.